The van der Waals surface area contributed by atoms with Crippen molar-refractivity contribution in [2.75, 3.05) is 13.7 Å². The van der Waals surface area contributed by atoms with Crippen LogP contribution in [0.15, 0.2) is 59.1 Å². The second-order valence-electron chi connectivity index (χ2n) is 7.12. The number of hydrogen-bond acceptors (Lipinski definition) is 5. The predicted molar refractivity (Wildman–Crippen MR) is 116 cm³/mol. The Balaban J connectivity index is 1.42. The number of nitrogens with zero attached hydrogens (tertiary/aromatic N) is 1. The van der Waals surface area contributed by atoms with Gasteiger partial charge in [-0.1, -0.05) is 0 Å². The third-order valence-electron chi connectivity index (χ3n) is 5.18. The van der Waals surface area contributed by atoms with Crippen molar-refractivity contribution >= 4 is 22.5 Å². The van der Waals surface area contributed by atoms with Crippen molar-refractivity contribution in [3.05, 3.63) is 81.7 Å². The summed E-state index contributed by atoms with van der Waals surface area (Å²) < 4.78 is 10.9. The summed E-state index contributed by atoms with van der Waals surface area (Å²) in [7, 11) is 1.63. The monoisotopic (exact) mass is 419 g/mol. The van der Waals surface area contributed by atoms with Gasteiger partial charge in [0.25, 0.3) is 11.6 Å². The number of furan rings is 1. The fourth-order valence-corrected chi connectivity index (χ4v) is 3.50. The van der Waals surface area contributed by atoms with Gasteiger partial charge in [-0.2, -0.15) is 0 Å². The second-order valence-corrected chi connectivity index (χ2v) is 7.12. The summed E-state index contributed by atoms with van der Waals surface area (Å²) in [5.74, 6) is 1.54. The molecule has 0 saturated heterocycles. The van der Waals surface area contributed by atoms with E-state index in [9.17, 15) is 14.9 Å². The van der Waals surface area contributed by atoms with E-state index in [0.29, 0.717) is 35.6 Å². The predicted octanol–water partition coefficient (Wildman–Crippen LogP) is 4.63. The molecule has 8 nitrogen and oxygen atoms in total. The first-order valence-electron chi connectivity index (χ1n) is 9.73. The molecule has 1 amide bonds. The zero-order valence-electron chi connectivity index (χ0n) is 17.1. The lowest BCUT2D eigenvalue weighted by Gasteiger charge is -2.04. The minimum atomic E-state index is -0.458. The van der Waals surface area contributed by atoms with Crippen molar-refractivity contribution in [1.29, 1.82) is 0 Å². The number of hydrogen-bond donors (Lipinski definition) is 2. The maximum absolute atomic E-state index is 12.6. The van der Waals surface area contributed by atoms with Gasteiger partial charge in [0.05, 0.1) is 17.6 Å². The number of ether oxygens (including phenoxy) is 1. The molecule has 2 N–H and O–H groups in total. The minimum absolute atomic E-state index is 0.000666. The van der Waals surface area contributed by atoms with Crippen LogP contribution in [0.5, 0.6) is 5.75 Å². The molecule has 0 saturated carbocycles. The number of fused-ring (bicyclic) bond motifs is 1. The highest BCUT2D eigenvalue weighted by molar-refractivity contribution is 5.96. The lowest BCUT2D eigenvalue weighted by molar-refractivity contribution is -0.384. The average Bonchev–Trinajstić information content (AvgIpc) is 3.36. The third kappa shape index (κ3) is 4.13. The molecule has 0 unspecified atom stereocenters. The van der Waals surface area contributed by atoms with E-state index < -0.39 is 4.92 Å². The molecule has 2 aromatic heterocycles. The van der Waals surface area contributed by atoms with Gasteiger partial charge in [-0.15, -0.1) is 0 Å². The highest BCUT2D eigenvalue weighted by Gasteiger charge is 2.17. The lowest BCUT2D eigenvalue weighted by atomic mass is 10.1. The van der Waals surface area contributed by atoms with Crippen LogP contribution in [0.3, 0.4) is 0 Å². The van der Waals surface area contributed by atoms with Crippen LogP contribution in [0.2, 0.25) is 0 Å². The molecule has 31 heavy (non-hydrogen) atoms. The molecule has 0 aliphatic rings. The first-order chi connectivity index (χ1) is 15.0. The van der Waals surface area contributed by atoms with Crippen molar-refractivity contribution in [3.63, 3.8) is 0 Å². The Kier molecular flexibility index (Phi) is 5.44. The molecule has 0 fully saturated rings. The van der Waals surface area contributed by atoms with Crippen LogP contribution in [-0.4, -0.2) is 29.5 Å². The maximum Gasteiger partial charge on any atom is 0.269 e. The number of nitrogens with one attached hydrogen (secondary N) is 2. The molecular weight excluding hydrogens is 398 g/mol. The summed E-state index contributed by atoms with van der Waals surface area (Å²) in [6.07, 6.45) is 2.61. The molecule has 0 aliphatic carbocycles. The summed E-state index contributed by atoms with van der Waals surface area (Å²) in [6, 6.07) is 13.5. The van der Waals surface area contributed by atoms with Gasteiger partial charge in [0.2, 0.25) is 0 Å². The molecule has 2 heterocycles. The van der Waals surface area contributed by atoms with Crippen LogP contribution in [0.25, 0.3) is 22.2 Å². The molecule has 158 valence electrons. The number of H-pyrrole nitrogens is 1. The largest absolute Gasteiger partial charge is 0.497 e. The van der Waals surface area contributed by atoms with Gasteiger partial charge in [-0.25, -0.2) is 0 Å². The number of nitro groups is 1. The van der Waals surface area contributed by atoms with E-state index in [1.807, 2.05) is 24.4 Å². The normalized spacial score (nSPS) is 10.9. The highest BCUT2D eigenvalue weighted by atomic mass is 16.6. The van der Waals surface area contributed by atoms with Crippen molar-refractivity contribution in [2.24, 2.45) is 0 Å². The van der Waals surface area contributed by atoms with Gasteiger partial charge in [-0.3, -0.25) is 14.9 Å². The molecule has 2 aromatic carbocycles. The standard InChI is InChI=1S/C23H21N3O5/c1-14-20(12-22(31-14)15-3-5-17(6-4-15)26(28)29)23(27)24-10-9-16-13-25-21-11-18(30-2)7-8-19(16)21/h3-8,11-13,25H,9-10H2,1-2H3,(H,24,27). The Labute approximate surface area is 178 Å². The molecule has 0 radical (unpaired) electrons. The van der Waals surface area contributed by atoms with E-state index in [2.05, 4.69) is 10.3 Å². The maximum atomic E-state index is 12.6. The number of aromatic amines is 1. The molecular formula is C23H21N3O5. The van der Waals surface area contributed by atoms with Gasteiger partial charge in [0.15, 0.2) is 0 Å². The summed E-state index contributed by atoms with van der Waals surface area (Å²) in [6.45, 7) is 2.19. The number of methoxy groups -OCH3 is 1. The zero-order chi connectivity index (χ0) is 22.0. The third-order valence-corrected chi connectivity index (χ3v) is 5.18. The lowest BCUT2D eigenvalue weighted by Crippen LogP contribution is -2.25. The zero-order valence-corrected chi connectivity index (χ0v) is 17.1. The van der Waals surface area contributed by atoms with Crippen molar-refractivity contribution in [2.45, 2.75) is 13.3 Å². The second kappa shape index (κ2) is 8.35. The van der Waals surface area contributed by atoms with Crippen molar-refractivity contribution < 1.29 is 18.9 Å². The van der Waals surface area contributed by atoms with Gasteiger partial charge in [0, 0.05) is 47.4 Å². The number of nitro benzene ring substituents is 1. The average molecular weight is 419 g/mol. The Bertz CT molecular complexity index is 1250. The Morgan fingerprint density at radius 1 is 1.19 bits per heavy atom. The van der Waals surface area contributed by atoms with Crippen molar-refractivity contribution in [3.8, 4) is 17.1 Å². The van der Waals surface area contributed by atoms with Crippen LogP contribution in [0.4, 0.5) is 5.69 Å². The topological polar surface area (TPSA) is 110 Å². The first-order valence-corrected chi connectivity index (χ1v) is 9.73. The number of aryl methyl sites for hydroxylation is 1. The molecule has 0 aliphatic heterocycles. The molecule has 8 heteroatoms. The van der Waals surface area contributed by atoms with Gasteiger partial charge in [0.1, 0.15) is 17.3 Å². The van der Waals surface area contributed by atoms with Crippen LogP contribution >= 0.6 is 0 Å². The molecule has 0 spiro atoms. The quantitative estimate of drug-likeness (QED) is 0.335. The minimum Gasteiger partial charge on any atom is -0.497 e. The van der Waals surface area contributed by atoms with Gasteiger partial charge < -0.3 is 19.5 Å². The summed E-state index contributed by atoms with van der Waals surface area (Å²) >= 11 is 0. The summed E-state index contributed by atoms with van der Waals surface area (Å²) in [5, 5.41) is 14.8. The first kappa shape index (κ1) is 20.2. The number of non-ortho nitro benzene ring substituents is 1. The SMILES string of the molecule is COc1ccc2c(CCNC(=O)c3cc(-c4ccc([N+](=O)[O-])cc4)oc3C)c[nH]c2c1. The van der Waals surface area contributed by atoms with Crippen LogP contribution in [-0.2, 0) is 6.42 Å². The molecule has 4 aromatic rings. The van der Waals surface area contributed by atoms with Crippen LogP contribution in [0.1, 0.15) is 21.7 Å². The molecule has 0 bridgehead atoms. The summed E-state index contributed by atoms with van der Waals surface area (Å²) in [5.41, 5.74) is 3.20. The summed E-state index contributed by atoms with van der Waals surface area (Å²) in [4.78, 5) is 26.2. The number of rotatable bonds is 7. The Morgan fingerprint density at radius 2 is 1.97 bits per heavy atom. The van der Waals surface area contributed by atoms with E-state index >= 15 is 0 Å². The molecule has 0 atom stereocenters. The van der Waals surface area contributed by atoms with E-state index in [4.69, 9.17) is 9.15 Å². The Hall–Kier alpha value is -4.07. The fraction of sp³-hybridized carbons (Fsp3) is 0.174. The van der Waals surface area contributed by atoms with Crippen molar-refractivity contribution in [1.82, 2.24) is 10.3 Å². The van der Waals surface area contributed by atoms with Crippen LogP contribution in [0, 0.1) is 17.0 Å². The number of benzene rings is 2. The smallest absolute Gasteiger partial charge is 0.269 e. The fourth-order valence-electron chi connectivity index (χ4n) is 3.50. The van der Waals surface area contributed by atoms with Crippen LogP contribution < -0.4 is 10.1 Å². The molecule has 4 rings (SSSR count). The van der Waals surface area contributed by atoms with E-state index in [1.165, 1.54) is 12.1 Å². The number of aromatic nitrogens is 1. The Morgan fingerprint density at radius 3 is 2.68 bits per heavy atom. The van der Waals surface area contributed by atoms with E-state index in [-0.39, 0.29) is 11.6 Å². The van der Waals surface area contributed by atoms with E-state index in [0.717, 1.165) is 22.2 Å². The highest BCUT2D eigenvalue weighted by Crippen LogP contribution is 2.27. The van der Waals surface area contributed by atoms with Gasteiger partial charge >= 0.3 is 0 Å². The van der Waals surface area contributed by atoms with Gasteiger partial charge in [-0.05, 0) is 49.2 Å². The number of amides is 1. The van der Waals surface area contributed by atoms with E-state index in [1.54, 1.807) is 32.2 Å². The number of carbonyl (C=O) groups excluding carboxylic acids is 1. The number of carbonyl (C=O) groups is 1.